The Kier molecular flexibility index (Phi) is 4.75. The average molecular weight is 145 g/mol. The van der Waals surface area contributed by atoms with Crippen molar-refractivity contribution < 1.29 is 12.6 Å². The largest absolute Gasteiger partial charge is 0.305 e. The first-order valence-corrected chi connectivity index (χ1v) is 3.00. The first kappa shape index (κ1) is 7.36. The van der Waals surface area contributed by atoms with Crippen molar-refractivity contribution in [2.24, 2.45) is 0 Å². The predicted molar refractivity (Wildman–Crippen MR) is 27.0 cm³/mol. The maximum Gasteiger partial charge on any atom is 0.305 e. The number of alkyl halides is 1. The summed E-state index contributed by atoms with van der Waals surface area (Å²) in [5.74, 6) is 0. The van der Waals surface area contributed by atoms with Crippen LogP contribution in [-0.4, -0.2) is 17.4 Å². The van der Waals surface area contributed by atoms with Crippen molar-refractivity contribution in [2.75, 3.05) is 13.2 Å². The highest BCUT2D eigenvalue weighted by atomic mass is 35.5. The van der Waals surface area contributed by atoms with Crippen molar-refractivity contribution in [3.05, 3.63) is 0 Å². The molecule has 0 aliphatic heterocycles. The van der Waals surface area contributed by atoms with E-state index in [9.17, 15) is 4.21 Å². The van der Waals surface area contributed by atoms with Crippen LogP contribution in [0.15, 0.2) is 0 Å². The lowest BCUT2D eigenvalue weighted by molar-refractivity contribution is 0.321. The van der Waals surface area contributed by atoms with Crippen LogP contribution in [0.5, 0.6) is 0 Å². The van der Waals surface area contributed by atoms with Gasteiger partial charge in [0, 0.05) is 0 Å². The van der Waals surface area contributed by atoms with Gasteiger partial charge in [0.25, 0.3) is 0 Å². The van der Waals surface area contributed by atoms with E-state index in [1.807, 2.05) is 0 Å². The van der Waals surface area contributed by atoms with Crippen LogP contribution in [0.4, 0.5) is 0 Å². The molecule has 0 rings (SSSR count). The van der Waals surface area contributed by atoms with Crippen molar-refractivity contribution in [1.29, 1.82) is 0 Å². The summed E-state index contributed by atoms with van der Waals surface area (Å²) in [5, 5.41) is 0. The number of halogens is 1. The van der Waals surface area contributed by atoms with E-state index in [-0.39, 0.29) is 6.07 Å². The van der Waals surface area contributed by atoms with Crippen molar-refractivity contribution in [3.8, 4) is 0 Å². The number of hydrogen-bond acceptors (Lipinski definition) is 3. The summed E-state index contributed by atoms with van der Waals surface area (Å²) < 4.78 is 18.4. The molecule has 44 valence electrons. The van der Waals surface area contributed by atoms with Crippen LogP contribution in [0.25, 0.3) is 0 Å². The molecule has 0 saturated carbocycles. The first-order valence-electron chi connectivity index (χ1n) is 1.46. The lowest BCUT2D eigenvalue weighted by Crippen LogP contribution is -1.95. The van der Waals surface area contributed by atoms with E-state index in [2.05, 4.69) is 8.37 Å². The molecule has 0 saturated heterocycles. The molecule has 0 aliphatic carbocycles. The Morgan fingerprint density at radius 3 is 2.57 bits per heavy atom. The summed E-state index contributed by atoms with van der Waals surface area (Å²) in [7, 11) is 1.27. The Morgan fingerprint density at radius 2 is 2.43 bits per heavy atom. The molecule has 7 heavy (non-hydrogen) atoms. The average Bonchev–Trinajstić information content (AvgIpc) is 1.68. The maximum atomic E-state index is 9.99. The molecule has 0 aromatic heterocycles. The van der Waals surface area contributed by atoms with E-state index in [1.54, 1.807) is 0 Å². The van der Waals surface area contributed by atoms with E-state index in [0.717, 1.165) is 0 Å². The van der Waals surface area contributed by atoms with Crippen molar-refractivity contribution in [2.45, 2.75) is 0 Å². The lowest BCUT2D eigenvalue weighted by atomic mass is 11.7. The summed E-state index contributed by atoms with van der Waals surface area (Å²) >= 11 is 3.32. The first-order chi connectivity index (χ1) is 3.31. The van der Waals surface area contributed by atoms with Gasteiger partial charge in [-0.1, -0.05) is 11.6 Å². The molecular weight excluding hydrogens is 140 g/mol. The maximum absolute atomic E-state index is 9.99. The van der Waals surface area contributed by atoms with Gasteiger partial charge in [0.05, 0.1) is 7.11 Å². The van der Waals surface area contributed by atoms with Crippen LogP contribution >= 0.6 is 11.6 Å². The second kappa shape index (κ2) is 4.52. The van der Waals surface area contributed by atoms with Crippen molar-refractivity contribution >= 4 is 23.0 Å². The summed E-state index contributed by atoms with van der Waals surface area (Å²) in [6.07, 6.45) is 0. The molecule has 0 aromatic rings. The molecule has 0 heterocycles. The van der Waals surface area contributed by atoms with E-state index in [1.165, 1.54) is 7.11 Å². The van der Waals surface area contributed by atoms with Gasteiger partial charge in [0.15, 0.2) is 0 Å². The van der Waals surface area contributed by atoms with E-state index in [4.69, 9.17) is 11.6 Å². The minimum absolute atomic E-state index is 0.111. The predicted octanol–water partition coefficient (Wildman–Crippen LogP) is 0.424. The molecule has 5 heteroatoms. The van der Waals surface area contributed by atoms with E-state index >= 15 is 0 Å². The smallest absolute Gasteiger partial charge is 0.272 e. The SMILES string of the molecule is COS(=O)OCCl. The molecule has 0 fully saturated rings. The normalized spacial score (nSPS) is 14.0. The molecule has 3 nitrogen and oxygen atoms in total. The number of rotatable bonds is 3. The third-order valence-electron chi connectivity index (χ3n) is 0.277. The molecule has 0 amide bonds. The molecule has 1 atom stereocenters. The fourth-order valence-corrected chi connectivity index (χ4v) is 0.472. The van der Waals surface area contributed by atoms with Gasteiger partial charge in [0.2, 0.25) is 0 Å². The Hall–Kier alpha value is 0.360. The summed E-state index contributed by atoms with van der Waals surface area (Å²) in [6.45, 7) is 0. The fourth-order valence-electron chi connectivity index (χ4n) is 0.0845. The van der Waals surface area contributed by atoms with Crippen molar-refractivity contribution in [3.63, 3.8) is 0 Å². The van der Waals surface area contributed by atoms with Gasteiger partial charge in [-0.3, -0.25) is 8.37 Å². The van der Waals surface area contributed by atoms with Gasteiger partial charge in [-0.2, -0.15) is 4.21 Å². The quantitative estimate of drug-likeness (QED) is 0.539. The summed E-state index contributed by atoms with van der Waals surface area (Å²) in [5.41, 5.74) is 0. The summed E-state index contributed by atoms with van der Waals surface area (Å²) in [6, 6.07) is -0.111. The van der Waals surface area contributed by atoms with Gasteiger partial charge in [-0.15, -0.1) is 0 Å². The van der Waals surface area contributed by atoms with E-state index in [0.29, 0.717) is 0 Å². The molecule has 0 aromatic carbocycles. The molecule has 0 bridgehead atoms. The molecule has 0 N–H and O–H groups in total. The van der Waals surface area contributed by atoms with Crippen molar-refractivity contribution in [1.82, 2.24) is 0 Å². The minimum atomic E-state index is -1.66. The van der Waals surface area contributed by atoms with E-state index < -0.39 is 11.4 Å². The van der Waals surface area contributed by atoms with Gasteiger partial charge >= 0.3 is 11.4 Å². The van der Waals surface area contributed by atoms with Gasteiger partial charge in [-0.05, 0) is 0 Å². The van der Waals surface area contributed by atoms with Crippen LogP contribution in [0, 0.1) is 0 Å². The zero-order valence-corrected chi connectivity index (χ0v) is 5.29. The zero-order chi connectivity index (χ0) is 5.70. The second-order valence-electron chi connectivity index (χ2n) is 0.598. The third-order valence-corrected chi connectivity index (χ3v) is 1.10. The Morgan fingerprint density at radius 1 is 1.86 bits per heavy atom. The molecule has 0 aliphatic rings. The van der Waals surface area contributed by atoms with Crippen LogP contribution in [-0.2, 0) is 19.7 Å². The monoisotopic (exact) mass is 144 g/mol. The lowest BCUT2D eigenvalue weighted by Gasteiger charge is -1.90. The highest BCUT2D eigenvalue weighted by molar-refractivity contribution is 7.75. The molecule has 1 unspecified atom stereocenters. The number of hydrogen-bond donors (Lipinski definition) is 0. The highest BCUT2D eigenvalue weighted by Gasteiger charge is 1.90. The van der Waals surface area contributed by atoms with Gasteiger partial charge in [0.1, 0.15) is 6.07 Å². The van der Waals surface area contributed by atoms with Crippen LogP contribution in [0.1, 0.15) is 0 Å². The van der Waals surface area contributed by atoms with Gasteiger partial charge < -0.3 is 0 Å². The Labute approximate surface area is 49.4 Å². The molecule has 0 radical (unpaired) electrons. The van der Waals surface area contributed by atoms with Crippen LogP contribution in [0.3, 0.4) is 0 Å². The topological polar surface area (TPSA) is 35.5 Å². The Bertz CT molecular complexity index is 66.0. The third kappa shape index (κ3) is 4.21. The van der Waals surface area contributed by atoms with Gasteiger partial charge in [-0.25, -0.2) is 0 Å². The minimum Gasteiger partial charge on any atom is -0.272 e. The standard InChI is InChI=1S/C2H5ClO3S/c1-5-7(4)6-2-3/h2H2,1H3. The fraction of sp³-hybridized carbons (Fsp3) is 1.00. The second-order valence-corrected chi connectivity index (χ2v) is 1.79. The Balaban J connectivity index is 3.00. The van der Waals surface area contributed by atoms with Crippen LogP contribution in [0.2, 0.25) is 0 Å². The molecular formula is C2H5ClO3S. The highest BCUT2D eigenvalue weighted by Crippen LogP contribution is 1.85. The zero-order valence-electron chi connectivity index (χ0n) is 3.72. The van der Waals surface area contributed by atoms with Crippen LogP contribution < -0.4 is 0 Å². The summed E-state index contributed by atoms with van der Waals surface area (Å²) in [4.78, 5) is 0. The molecule has 0 spiro atoms.